The van der Waals surface area contributed by atoms with E-state index in [1.807, 2.05) is 31.2 Å². The van der Waals surface area contributed by atoms with Crippen molar-refractivity contribution in [2.24, 2.45) is 10.9 Å². The predicted octanol–water partition coefficient (Wildman–Crippen LogP) is 1.35. The van der Waals surface area contributed by atoms with Crippen molar-refractivity contribution in [3.8, 4) is 0 Å². The maximum atomic E-state index is 12.4. The lowest BCUT2D eigenvalue weighted by Crippen LogP contribution is -2.49. The van der Waals surface area contributed by atoms with Crippen molar-refractivity contribution in [1.82, 2.24) is 15.5 Å². The van der Waals surface area contributed by atoms with Gasteiger partial charge in [-0.3, -0.25) is 4.79 Å². The van der Waals surface area contributed by atoms with Crippen LogP contribution in [-0.2, 0) is 19.1 Å². The van der Waals surface area contributed by atoms with Crippen LogP contribution in [0, 0.1) is 0 Å². The number of carbonyl (C=O) groups excluding carboxylic acids is 3. The molecule has 3 atom stereocenters. The quantitative estimate of drug-likeness (QED) is 0.160. The fourth-order valence-electron chi connectivity index (χ4n) is 3.37. The van der Waals surface area contributed by atoms with Crippen LogP contribution in [0.5, 0.6) is 0 Å². The number of rotatable bonds is 11. The van der Waals surface area contributed by atoms with Crippen molar-refractivity contribution < 1.29 is 33.8 Å². The number of hydrogen-bond acceptors (Lipinski definition) is 8. The van der Waals surface area contributed by atoms with Crippen molar-refractivity contribution >= 4 is 30.3 Å². The van der Waals surface area contributed by atoms with E-state index in [2.05, 4.69) is 15.7 Å². The molecule has 1 aromatic carbocycles. The first-order valence-corrected chi connectivity index (χ1v) is 10.9. The third-order valence-electron chi connectivity index (χ3n) is 5.29. The molecular weight excluding hydrogens is 446 g/mol. The molecule has 12 heteroatoms. The van der Waals surface area contributed by atoms with Gasteiger partial charge in [0.05, 0.1) is 25.3 Å². The second-order valence-corrected chi connectivity index (χ2v) is 7.85. The van der Waals surface area contributed by atoms with Crippen molar-refractivity contribution in [2.45, 2.75) is 50.8 Å². The van der Waals surface area contributed by atoms with Crippen molar-refractivity contribution in [3.63, 3.8) is 0 Å². The summed E-state index contributed by atoms with van der Waals surface area (Å²) in [5, 5.41) is 17.4. The Labute approximate surface area is 197 Å². The highest BCUT2D eigenvalue weighted by Gasteiger charge is 2.35. The molecule has 0 aliphatic carbocycles. The number of amides is 3. The number of unbranched alkanes of at least 4 members (excludes halogenated alkanes) is 1. The summed E-state index contributed by atoms with van der Waals surface area (Å²) in [6.07, 6.45) is 1.06. The summed E-state index contributed by atoms with van der Waals surface area (Å²) in [6.45, 7) is 1.76. The molecule has 1 aromatic rings. The first-order chi connectivity index (χ1) is 16.2. The SMILES string of the molecule is CCCCOC(=O)N[C@@H](CNC(=O)C[C@@H]1C[C@H](c2ccc(C=NN)cc2)N(C)C(=O)O1)C(=O)O. The fraction of sp³-hybridized carbons (Fsp3) is 0.500. The molecule has 2 rings (SSSR count). The molecular formula is C22H31N5O7. The van der Waals surface area contributed by atoms with Crippen LogP contribution in [-0.4, -0.2) is 72.6 Å². The Morgan fingerprint density at radius 2 is 2.06 bits per heavy atom. The zero-order valence-electron chi connectivity index (χ0n) is 19.2. The number of nitrogens with zero attached hydrogens (tertiary/aromatic N) is 2. The summed E-state index contributed by atoms with van der Waals surface area (Å²) in [6, 6.07) is 5.64. The summed E-state index contributed by atoms with van der Waals surface area (Å²) in [5.41, 5.74) is 1.66. The van der Waals surface area contributed by atoms with E-state index in [-0.39, 0.29) is 25.6 Å². The van der Waals surface area contributed by atoms with Crippen LogP contribution in [0.3, 0.4) is 0 Å². The Hall–Kier alpha value is -3.83. The van der Waals surface area contributed by atoms with Gasteiger partial charge in [0.2, 0.25) is 5.91 Å². The topological polar surface area (TPSA) is 173 Å². The zero-order valence-corrected chi connectivity index (χ0v) is 19.2. The number of alkyl carbamates (subject to hydrolysis) is 1. The standard InChI is InChI=1S/C22H31N5O7/c1-3-4-9-33-21(31)26-17(20(29)30)13-24-19(28)11-16-10-18(27(2)22(32)34-16)15-7-5-14(6-8-15)12-25-23/h5-8,12,16-18H,3-4,9-11,13,23H2,1-2H3,(H,24,28)(H,26,31)(H,29,30)/t16-,17-,18+/m0/s1. The molecule has 3 amide bonds. The van der Waals surface area contributed by atoms with Gasteiger partial charge in [0.1, 0.15) is 12.1 Å². The molecule has 34 heavy (non-hydrogen) atoms. The molecule has 5 N–H and O–H groups in total. The molecule has 0 radical (unpaired) electrons. The van der Waals surface area contributed by atoms with Gasteiger partial charge in [0.15, 0.2) is 0 Å². The molecule has 0 saturated carbocycles. The van der Waals surface area contributed by atoms with Crippen LogP contribution in [0.2, 0.25) is 0 Å². The minimum Gasteiger partial charge on any atom is -0.480 e. The summed E-state index contributed by atoms with van der Waals surface area (Å²) in [5.74, 6) is 3.33. The highest BCUT2D eigenvalue weighted by molar-refractivity contribution is 5.82. The monoisotopic (exact) mass is 477 g/mol. The molecule has 186 valence electrons. The van der Waals surface area contributed by atoms with E-state index in [9.17, 15) is 24.3 Å². The predicted molar refractivity (Wildman–Crippen MR) is 122 cm³/mol. The lowest BCUT2D eigenvalue weighted by molar-refractivity contribution is -0.139. The van der Waals surface area contributed by atoms with Crippen LogP contribution < -0.4 is 16.5 Å². The van der Waals surface area contributed by atoms with Crippen molar-refractivity contribution in [3.05, 3.63) is 35.4 Å². The van der Waals surface area contributed by atoms with E-state index in [1.165, 1.54) is 11.1 Å². The van der Waals surface area contributed by atoms with E-state index >= 15 is 0 Å². The number of benzene rings is 1. The molecule has 0 unspecified atom stereocenters. The largest absolute Gasteiger partial charge is 0.480 e. The normalized spacial score (nSPS) is 18.8. The van der Waals surface area contributed by atoms with E-state index < -0.39 is 36.2 Å². The van der Waals surface area contributed by atoms with Gasteiger partial charge in [0.25, 0.3) is 0 Å². The number of hydrogen-bond donors (Lipinski definition) is 4. The minimum atomic E-state index is -1.36. The van der Waals surface area contributed by atoms with Crippen molar-refractivity contribution in [2.75, 3.05) is 20.2 Å². The number of ether oxygens (including phenoxy) is 2. The van der Waals surface area contributed by atoms with Gasteiger partial charge in [-0.15, -0.1) is 0 Å². The second-order valence-electron chi connectivity index (χ2n) is 7.85. The van der Waals surface area contributed by atoms with E-state index in [4.69, 9.17) is 15.3 Å². The first-order valence-electron chi connectivity index (χ1n) is 10.9. The summed E-state index contributed by atoms with van der Waals surface area (Å²) >= 11 is 0. The number of carbonyl (C=O) groups is 4. The minimum absolute atomic E-state index is 0.152. The van der Waals surface area contributed by atoms with Gasteiger partial charge in [0, 0.05) is 20.0 Å². The van der Waals surface area contributed by atoms with E-state index in [1.54, 1.807) is 7.05 Å². The smallest absolute Gasteiger partial charge is 0.410 e. The number of hydrazone groups is 1. The molecule has 1 aliphatic heterocycles. The fourth-order valence-corrected chi connectivity index (χ4v) is 3.37. The number of carboxylic acid groups (broad SMARTS) is 1. The summed E-state index contributed by atoms with van der Waals surface area (Å²) < 4.78 is 10.2. The van der Waals surface area contributed by atoms with Gasteiger partial charge in [-0.05, 0) is 17.5 Å². The van der Waals surface area contributed by atoms with Crippen LogP contribution in [0.4, 0.5) is 9.59 Å². The lowest BCUT2D eigenvalue weighted by atomic mass is 9.96. The maximum absolute atomic E-state index is 12.4. The van der Waals surface area contributed by atoms with Gasteiger partial charge < -0.3 is 36.0 Å². The summed E-state index contributed by atoms with van der Waals surface area (Å²) in [7, 11) is 1.61. The maximum Gasteiger partial charge on any atom is 0.410 e. The molecule has 1 heterocycles. The van der Waals surface area contributed by atoms with Crippen molar-refractivity contribution in [1.29, 1.82) is 0 Å². The number of nitrogens with two attached hydrogens (primary N) is 1. The average Bonchev–Trinajstić information content (AvgIpc) is 2.79. The molecule has 12 nitrogen and oxygen atoms in total. The Kier molecular flexibility index (Phi) is 10.1. The molecule has 0 bridgehead atoms. The number of carboxylic acids is 1. The number of nitrogens with one attached hydrogen (secondary N) is 2. The Morgan fingerprint density at radius 1 is 1.35 bits per heavy atom. The van der Waals surface area contributed by atoms with E-state index in [0.29, 0.717) is 12.8 Å². The van der Waals surface area contributed by atoms with Gasteiger partial charge in [-0.1, -0.05) is 37.6 Å². The lowest BCUT2D eigenvalue weighted by Gasteiger charge is -2.36. The van der Waals surface area contributed by atoms with Gasteiger partial charge in [-0.2, -0.15) is 5.10 Å². The van der Waals surface area contributed by atoms with E-state index in [0.717, 1.165) is 17.5 Å². The second kappa shape index (κ2) is 13.0. The van der Waals surface area contributed by atoms with Crippen LogP contribution in [0.1, 0.15) is 49.8 Å². The van der Waals surface area contributed by atoms with Crippen LogP contribution >= 0.6 is 0 Å². The Bertz CT molecular complexity index is 890. The Morgan fingerprint density at radius 3 is 2.68 bits per heavy atom. The molecule has 1 fully saturated rings. The number of aliphatic carboxylic acids is 1. The first kappa shape index (κ1) is 26.4. The number of cyclic esters (lactones) is 1. The third kappa shape index (κ3) is 7.94. The highest BCUT2D eigenvalue weighted by Crippen LogP contribution is 2.31. The molecule has 1 saturated heterocycles. The Balaban J connectivity index is 1.91. The molecule has 0 spiro atoms. The van der Waals surface area contributed by atoms with Crippen LogP contribution in [0.25, 0.3) is 0 Å². The third-order valence-corrected chi connectivity index (χ3v) is 5.29. The van der Waals surface area contributed by atoms with Crippen LogP contribution in [0.15, 0.2) is 29.4 Å². The highest BCUT2D eigenvalue weighted by atomic mass is 16.6. The van der Waals surface area contributed by atoms with Gasteiger partial charge in [-0.25, -0.2) is 14.4 Å². The average molecular weight is 478 g/mol. The summed E-state index contributed by atoms with van der Waals surface area (Å²) in [4.78, 5) is 49.3. The molecule has 0 aromatic heterocycles. The zero-order chi connectivity index (χ0) is 25.1. The molecule has 1 aliphatic rings. The van der Waals surface area contributed by atoms with Gasteiger partial charge >= 0.3 is 18.2 Å².